The molecule has 0 heterocycles. The number of halogens is 1. The number of nitrogens with zero attached hydrogens (tertiary/aromatic N) is 1. The summed E-state index contributed by atoms with van der Waals surface area (Å²) in [6.07, 6.45) is 0. The highest BCUT2D eigenvalue weighted by molar-refractivity contribution is 9.10. The second-order valence-corrected chi connectivity index (χ2v) is 4.61. The van der Waals surface area contributed by atoms with Crippen molar-refractivity contribution >= 4 is 33.6 Å². The molecule has 0 radical (unpaired) electrons. The Hall–Kier alpha value is -1.56. The van der Waals surface area contributed by atoms with Crippen LogP contribution in [0.25, 0.3) is 0 Å². The van der Waals surface area contributed by atoms with Crippen molar-refractivity contribution in [2.24, 2.45) is 0 Å². The highest BCUT2D eigenvalue weighted by Crippen LogP contribution is 2.19. The number of amides is 2. The smallest absolute Gasteiger partial charge is 0.323 e. The molecule has 0 atom stereocenters. The molecule has 0 bridgehead atoms. The third kappa shape index (κ3) is 4.44. The van der Waals surface area contributed by atoms with Crippen LogP contribution in [0.5, 0.6) is 0 Å². The van der Waals surface area contributed by atoms with Crippen molar-refractivity contribution in [2.75, 3.05) is 18.9 Å². The number of benzene rings is 1. The lowest BCUT2D eigenvalue weighted by Crippen LogP contribution is -2.35. The number of carbonyl (C=O) groups is 2. The summed E-state index contributed by atoms with van der Waals surface area (Å²) in [5, 5.41) is 11.2. The number of aryl methyl sites for hydroxylation is 1. The van der Waals surface area contributed by atoms with Gasteiger partial charge < -0.3 is 15.3 Å². The predicted molar refractivity (Wildman–Crippen MR) is 68.2 cm³/mol. The van der Waals surface area contributed by atoms with E-state index < -0.39 is 12.0 Å². The van der Waals surface area contributed by atoms with Gasteiger partial charge in [0.15, 0.2) is 0 Å². The first-order chi connectivity index (χ1) is 7.88. The lowest BCUT2D eigenvalue weighted by molar-refractivity contribution is -0.137. The zero-order valence-corrected chi connectivity index (χ0v) is 11.1. The van der Waals surface area contributed by atoms with Gasteiger partial charge in [-0.2, -0.15) is 0 Å². The molecule has 17 heavy (non-hydrogen) atoms. The zero-order valence-electron chi connectivity index (χ0n) is 9.53. The third-order valence-corrected chi connectivity index (χ3v) is 2.47. The molecule has 0 aromatic heterocycles. The Bertz CT molecular complexity index is 428. The molecular weight excluding hydrogens is 288 g/mol. The maximum absolute atomic E-state index is 11.6. The van der Waals surface area contributed by atoms with Crippen molar-refractivity contribution in [3.05, 3.63) is 28.2 Å². The van der Waals surface area contributed by atoms with Gasteiger partial charge in [-0.15, -0.1) is 0 Å². The molecule has 0 saturated carbocycles. The van der Waals surface area contributed by atoms with Crippen LogP contribution in [-0.2, 0) is 4.79 Å². The van der Waals surface area contributed by atoms with E-state index in [-0.39, 0.29) is 6.54 Å². The molecule has 0 aliphatic rings. The molecule has 2 N–H and O–H groups in total. The minimum Gasteiger partial charge on any atom is -0.480 e. The minimum absolute atomic E-state index is 0.335. The van der Waals surface area contributed by atoms with Gasteiger partial charge in [0.1, 0.15) is 6.54 Å². The number of carboxylic acids is 1. The average Bonchev–Trinajstić information content (AvgIpc) is 2.14. The van der Waals surface area contributed by atoms with Crippen LogP contribution in [0.2, 0.25) is 0 Å². The topological polar surface area (TPSA) is 69.6 Å². The minimum atomic E-state index is -1.05. The SMILES string of the molecule is Cc1cc(Br)cc(NC(=O)N(C)CC(=O)O)c1. The molecule has 1 aromatic carbocycles. The van der Waals surface area contributed by atoms with Crippen LogP contribution in [0.1, 0.15) is 5.56 Å². The van der Waals surface area contributed by atoms with Gasteiger partial charge in [-0.05, 0) is 30.7 Å². The number of carboxylic acid groups (broad SMARTS) is 1. The lowest BCUT2D eigenvalue weighted by atomic mass is 10.2. The molecular formula is C11H13BrN2O3. The van der Waals surface area contributed by atoms with E-state index in [9.17, 15) is 9.59 Å². The first-order valence-corrected chi connectivity index (χ1v) is 5.69. The third-order valence-electron chi connectivity index (χ3n) is 2.01. The van der Waals surface area contributed by atoms with Crippen molar-refractivity contribution in [1.29, 1.82) is 0 Å². The summed E-state index contributed by atoms with van der Waals surface area (Å²) >= 11 is 3.32. The summed E-state index contributed by atoms with van der Waals surface area (Å²) in [7, 11) is 1.42. The molecule has 1 rings (SSSR count). The van der Waals surface area contributed by atoms with Crippen LogP contribution in [0.15, 0.2) is 22.7 Å². The maximum atomic E-state index is 11.6. The van der Waals surface area contributed by atoms with Crippen molar-refractivity contribution in [3.8, 4) is 0 Å². The number of hydrogen-bond donors (Lipinski definition) is 2. The normalized spacial score (nSPS) is 9.82. The Morgan fingerprint density at radius 1 is 1.41 bits per heavy atom. The van der Waals surface area contributed by atoms with Crippen LogP contribution in [0.3, 0.4) is 0 Å². The first kappa shape index (κ1) is 13.5. The second kappa shape index (κ2) is 5.67. The van der Waals surface area contributed by atoms with E-state index >= 15 is 0 Å². The van der Waals surface area contributed by atoms with Gasteiger partial charge in [-0.25, -0.2) is 4.79 Å². The van der Waals surface area contributed by atoms with Crippen LogP contribution in [-0.4, -0.2) is 35.6 Å². The molecule has 0 aliphatic heterocycles. The number of likely N-dealkylation sites (N-methyl/N-ethyl adjacent to an activating group) is 1. The van der Waals surface area contributed by atoms with Crippen LogP contribution >= 0.6 is 15.9 Å². The highest BCUT2D eigenvalue weighted by Gasteiger charge is 2.12. The Balaban J connectivity index is 2.70. The van der Waals surface area contributed by atoms with E-state index in [0.717, 1.165) is 14.9 Å². The Morgan fingerprint density at radius 3 is 2.59 bits per heavy atom. The summed E-state index contributed by atoms with van der Waals surface area (Å²) in [5.41, 5.74) is 1.62. The van der Waals surface area contributed by atoms with E-state index in [4.69, 9.17) is 5.11 Å². The summed E-state index contributed by atoms with van der Waals surface area (Å²) in [6, 6.07) is 5.01. The summed E-state index contributed by atoms with van der Waals surface area (Å²) in [6.45, 7) is 1.57. The highest BCUT2D eigenvalue weighted by atomic mass is 79.9. The fraction of sp³-hybridized carbons (Fsp3) is 0.273. The molecule has 0 unspecified atom stereocenters. The molecule has 0 saturated heterocycles. The largest absolute Gasteiger partial charge is 0.480 e. The van der Waals surface area contributed by atoms with Gasteiger partial charge in [0.05, 0.1) is 0 Å². The number of nitrogens with one attached hydrogen (secondary N) is 1. The second-order valence-electron chi connectivity index (χ2n) is 3.70. The molecule has 0 fully saturated rings. The maximum Gasteiger partial charge on any atom is 0.323 e. The van der Waals surface area contributed by atoms with E-state index in [1.807, 2.05) is 13.0 Å². The van der Waals surface area contributed by atoms with Gasteiger partial charge in [-0.1, -0.05) is 15.9 Å². The number of urea groups is 1. The summed E-state index contributed by atoms with van der Waals surface area (Å²) in [5.74, 6) is -1.05. The number of carbonyl (C=O) groups excluding carboxylic acids is 1. The molecule has 0 aliphatic carbocycles. The van der Waals surface area contributed by atoms with Gasteiger partial charge in [0.25, 0.3) is 0 Å². The Kier molecular flexibility index (Phi) is 4.51. The number of hydrogen-bond acceptors (Lipinski definition) is 2. The van der Waals surface area contributed by atoms with Crippen molar-refractivity contribution < 1.29 is 14.7 Å². The Morgan fingerprint density at radius 2 is 2.06 bits per heavy atom. The molecule has 5 nitrogen and oxygen atoms in total. The molecule has 1 aromatic rings. The summed E-state index contributed by atoms with van der Waals surface area (Å²) in [4.78, 5) is 23.1. The van der Waals surface area contributed by atoms with E-state index in [0.29, 0.717) is 5.69 Å². The van der Waals surface area contributed by atoms with Crippen molar-refractivity contribution in [2.45, 2.75) is 6.92 Å². The fourth-order valence-corrected chi connectivity index (χ4v) is 1.91. The van der Waals surface area contributed by atoms with E-state index in [2.05, 4.69) is 21.2 Å². The average molecular weight is 301 g/mol. The quantitative estimate of drug-likeness (QED) is 0.900. The van der Waals surface area contributed by atoms with Crippen LogP contribution < -0.4 is 5.32 Å². The van der Waals surface area contributed by atoms with Gasteiger partial charge in [0.2, 0.25) is 0 Å². The Labute approximate surface area is 108 Å². The predicted octanol–water partition coefficient (Wildman–Crippen LogP) is 2.31. The molecule has 2 amide bonds. The van der Waals surface area contributed by atoms with Gasteiger partial charge in [-0.3, -0.25) is 4.79 Å². The first-order valence-electron chi connectivity index (χ1n) is 4.89. The van der Waals surface area contributed by atoms with E-state index in [1.165, 1.54) is 7.05 Å². The zero-order chi connectivity index (χ0) is 13.0. The van der Waals surface area contributed by atoms with E-state index in [1.54, 1.807) is 12.1 Å². The number of rotatable bonds is 3. The van der Waals surface area contributed by atoms with Crippen LogP contribution in [0, 0.1) is 6.92 Å². The molecule has 6 heteroatoms. The fourth-order valence-electron chi connectivity index (χ4n) is 1.30. The molecule has 92 valence electrons. The van der Waals surface area contributed by atoms with Gasteiger partial charge in [0, 0.05) is 17.2 Å². The van der Waals surface area contributed by atoms with Crippen molar-refractivity contribution in [3.63, 3.8) is 0 Å². The standard InChI is InChI=1S/C11H13BrN2O3/c1-7-3-8(12)5-9(4-7)13-11(17)14(2)6-10(15)16/h3-5H,6H2,1-2H3,(H,13,17)(H,15,16). The monoisotopic (exact) mass is 300 g/mol. The van der Waals surface area contributed by atoms with Crippen LogP contribution in [0.4, 0.5) is 10.5 Å². The summed E-state index contributed by atoms with van der Waals surface area (Å²) < 4.78 is 0.855. The number of anilines is 1. The number of aliphatic carboxylic acids is 1. The van der Waals surface area contributed by atoms with Gasteiger partial charge >= 0.3 is 12.0 Å². The lowest BCUT2D eigenvalue weighted by Gasteiger charge is -2.15. The van der Waals surface area contributed by atoms with Crippen molar-refractivity contribution in [1.82, 2.24) is 4.90 Å². The molecule has 0 spiro atoms.